The maximum Gasteiger partial charge on any atom is 0.134 e. The first-order valence-electron chi connectivity index (χ1n) is 6.51. The number of furan rings is 1. The van der Waals surface area contributed by atoms with Crippen molar-refractivity contribution >= 4 is 16.8 Å². The highest BCUT2D eigenvalue weighted by atomic mass is 16.3. The topological polar surface area (TPSA) is 72.3 Å². The van der Waals surface area contributed by atoms with Gasteiger partial charge in [-0.2, -0.15) is 0 Å². The van der Waals surface area contributed by atoms with E-state index >= 15 is 0 Å². The number of benzene rings is 1. The molecule has 0 saturated carbocycles. The van der Waals surface area contributed by atoms with Crippen LogP contribution in [0, 0.1) is 6.92 Å². The molecule has 2 aromatic heterocycles. The summed E-state index contributed by atoms with van der Waals surface area (Å²) in [7, 11) is 0. The van der Waals surface area contributed by atoms with Crippen molar-refractivity contribution in [1.82, 2.24) is 4.98 Å². The molecule has 20 heavy (non-hydrogen) atoms. The van der Waals surface area contributed by atoms with Gasteiger partial charge in [0.05, 0.1) is 6.10 Å². The van der Waals surface area contributed by atoms with Gasteiger partial charge in [0.15, 0.2) is 0 Å². The zero-order chi connectivity index (χ0) is 14.1. The smallest absolute Gasteiger partial charge is 0.134 e. The molecule has 4 heteroatoms. The van der Waals surface area contributed by atoms with Crippen LogP contribution in [0.2, 0.25) is 0 Å². The molecular weight excluding hydrogens is 252 g/mol. The molecule has 0 aliphatic carbocycles. The third kappa shape index (κ3) is 2.26. The number of nitrogens with zero attached hydrogens (tertiary/aromatic N) is 1. The molecule has 1 aromatic carbocycles. The van der Waals surface area contributed by atoms with Gasteiger partial charge in [0.1, 0.15) is 17.2 Å². The Morgan fingerprint density at radius 1 is 1.30 bits per heavy atom. The van der Waals surface area contributed by atoms with Gasteiger partial charge in [0, 0.05) is 23.6 Å². The van der Waals surface area contributed by atoms with Crippen LogP contribution in [0.1, 0.15) is 23.0 Å². The summed E-state index contributed by atoms with van der Waals surface area (Å²) in [5, 5.41) is 11.5. The predicted molar refractivity (Wildman–Crippen MR) is 78.3 cm³/mol. The van der Waals surface area contributed by atoms with Gasteiger partial charge in [-0.05, 0) is 30.7 Å². The second-order valence-electron chi connectivity index (χ2n) is 4.88. The lowest BCUT2D eigenvalue weighted by Gasteiger charge is -2.11. The minimum atomic E-state index is -0.625. The first-order chi connectivity index (χ1) is 9.65. The number of hydrogen-bond donors (Lipinski definition) is 2. The molecule has 0 saturated heterocycles. The van der Waals surface area contributed by atoms with Crippen LogP contribution in [-0.2, 0) is 6.42 Å². The van der Waals surface area contributed by atoms with Gasteiger partial charge in [-0.15, -0.1) is 0 Å². The molecule has 0 amide bonds. The highest BCUT2D eigenvalue weighted by molar-refractivity contribution is 5.82. The predicted octanol–water partition coefficient (Wildman–Crippen LogP) is 2.99. The van der Waals surface area contributed by atoms with Crippen LogP contribution in [0.3, 0.4) is 0 Å². The molecule has 3 rings (SSSR count). The van der Waals surface area contributed by atoms with Crippen molar-refractivity contribution in [3.05, 3.63) is 59.5 Å². The number of rotatable bonds is 3. The first-order valence-corrected chi connectivity index (χ1v) is 6.51. The summed E-state index contributed by atoms with van der Waals surface area (Å²) in [5.41, 5.74) is 8.26. The van der Waals surface area contributed by atoms with Crippen molar-refractivity contribution < 1.29 is 9.52 Å². The Kier molecular flexibility index (Phi) is 3.16. The van der Waals surface area contributed by atoms with E-state index in [1.807, 2.05) is 37.3 Å². The molecule has 2 heterocycles. The third-order valence-electron chi connectivity index (χ3n) is 3.43. The van der Waals surface area contributed by atoms with E-state index in [0.717, 1.165) is 27.9 Å². The highest BCUT2D eigenvalue weighted by Crippen LogP contribution is 2.32. The minimum absolute atomic E-state index is 0.462. The van der Waals surface area contributed by atoms with E-state index in [-0.39, 0.29) is 0 Å². The van der Waals surface area contributed by atoms with E-state index in [1.54, 1.807) is 12.3 Å². The largest absolute Gasteiger partial charge is 0.461 e. The standard InChI is InChI=1S/C16H16N2O2/c1-10-16(12-4-2-3-5-14(12)20-10)13(19)8-11-6-7-18-15(17)9-11/h2-7,9,13,19H,8H2,1H3,(H2,17,18). The summed E-state index contributed by atoms with van der Waals surface area (Å²) in [6.07, 6.45) is 1.51. The second kappa shape index (κ2) is 4.98. The number of aryl methyl sites for hydroxylation is 1. The van der Waals surface area contributed by atoms with Gasteiger partial charge in [-0.3, -0.25) is 0 Å². The minimum Gasteiger partial charge on any atom is -0.461 e. The Bertz CT molecular complexity index is 749. The van der Waals surface area contributed by atoms with E-state index < -0.39 is 6.10 Å². The molecule has 3 N–H and O–H groups in total. The molecular formula is C16H16N2O2. The molecule has 0 aliphatic rings. The lowest BCUT2D eigenvalue weighted by atomic mass is 9.99. The summed E-state index contributed by atoms with van der Waals surface area (Å²) in [5.74, 6) is 1.21. The van der Waals surface area contributed by atoms with Gasteiger partial charge in [-0.25, -0.2) is 4.98 Å². The summed E-state index contributed by atoms with van der Waals surface area (Å²) in [4.78, 5) is 3.95. The van der Waals surface area contributed by atoms with E-state index in [0.29, 0.717) is 12.2 Å². The number of para-hydroxylation sites is 1. The van der Waals surface area contributed by atoms with Gasteiger partial charge >= 0.3 is 0 Å². The average molecular weight is 268 g/mol. The second-order valence-corrected chi connectivity index (χ2v) is 4.88. The van der Waals surface area contributed by atoms with Crippen molar-refractivity contribution in [3.8, 4) is 0 Å². The molecule has 102 valence electrons. The number of fused-ring (bicyclic) bond motifs is 1. The Morgan fingerprint density at radius 3 is 2.90 bits per heavy atom. The molecule has 1 atom stereocenters. The fourth-order valence-electron chi connectivity index (χ4n) is 2.55. The maximum absolute atomic E-state index is 10.5. The molecule has 0 spiro atoms. The summed E-state index contributed by atoms with van der Waals surface area (Å²) in [6, 6.07) is 11.4. The van der Waals surface area contributed by atoms with Crippen molar-refractivity contribution in [1.29, 1.82) is 0 Å². The number of anilines is 1. The van der Waals surface area contributed by atoms with Crippen molar-refractivity contribution in [2.24, 2.45) is 0 Å². The Balaban J connectivity index is 1.96. The molecule has 4 nitrogen and oxygen atoms in total. The van der Waals surface area contributed by atoms with E-state index in [9.17, 15) is 5.11 Å². The Hall–Kier alpha value is -2.33. The molecule has 3 aromatic rings. The van der Waals surface area contributed by atoms with Crippen LogP contribution in [0.15, 0.2) is 47.0 Å². The number of aromatic nitrogens is 1. The SMILES string of the molecule is Cc1oc2ccccc2c1C(O)Cc1ccnc(N)c1. The van der Waals surface area contributed by atoms with Crippen LogP contribution in [0.4, 0.5) is 5.82 Å². The van der Waals surface area contributed by atoms with E-state index in [4.69, 9.17) is 10.2 Å². The van der Waals surface area contributed by atoms with Crippen LogP contribution in [-0.4, -0.2) is 10.1 Å². The monoisotopic (exact) mass is 268 g/mol. The van der Waals surface area contributed by atoms with Gasteiger partial charge < -0.3 is 15.3 Å². The number of aliphatic hydroxyl groups excluding tert-OH is 1. The third-order valence-corrected chi connectivity index (χ3v) is 3.43. The van der Waals surface area contributed by atoms with Gasteiger partial charge in [0.2, 0.25) is 0 Å². The number of nitrogen functional groups attached to an aromatic ring is 1. The van der Waals surface area contributed by atoms with Crippen molar-refractivity contribution in [2.45, 2.75) is 19.4 Å². The van der Waals surface area contributed by atoms with Crippen LogP contribution < -0.4 is 5.73 Å². The average Bonchev–Trinajstić information content (AvgIpc) is 2.74. The lowest BCUT2D eigenvalue weighted by molar-refractivity contribution is 0.177. The van der Waals surface area contributed by atoms with Gasteiger partial charge in [-0.1, -0.05) is 18.2 Å². The molecule has 0 fully saturated rings. The molecule has 0 bridgehead atoms. The van der Waals surface area contributed by atoms with Crippen LogP contribution in [0.5, 0.6) is 0 Å². The van der Waals surface area contributed by atoms with Crippen molar-refractivity contribution in [2.75, 3.05) is 5.73 Å². The zero-order valence-corrected chi connectivity index (χ0v) is 11.2. The van der Waals surface area contributed by atoms with E-state index in [1.165, 1.54) is 0 Å². The lowest BCUT2D eigenvalue weighted by Crippen LogP contribution is -2.03. The molecule has 1 unspecified atom stereocenters. The van der Waals surface area contributed by atoms with Crippen LogP contribution in [0.25, 0.3) is 11.0 Å². The number of pyridine rings is 1. The van der Waals surface area contributed by atoms with E-state index in [2.05, 4.69) is 4.98 Å². The first kappa shape index (κ1) is 12.7. The fraction of sp³-hybridized carbons (Fsp3) is 0.188. The number of aliphatic hydroxyl groups is 1. The normalized spacial score (nSPS) is 12.7. The zero-order valence-electron chi connectivity index (χ0n) is 11.2. The molecule has 0 aliphatic heterocycles. The quantitative estimate of drug-likeness (QED) is 0.766. The van der Waals surface area contributed by atoms with Crippen LogP contribution >= 0.6 is 0 Å². The summed E-state index contributed by atoms with van der Waals surface area (Å²) >= 11 is 0. The fourth-order valence-corrected chi connectivity index (χ4v) is 2.55. The maximum atomic E-state index is 10.5. The number of hydrogen-bond acceptors (Lipinski definition) is 4. The highest BCUT2D eigenvalue weighted by Gasteiger charge is 2.18. The summed E-state index contributed by atoms with van der Waals surface area (Å²) < 4.78 is 5.68. The van der Waals surface area contributed by atoms with Crippen molar-refractivity contribution in [3.63, 3.8) is 0 Å². The Morgan fingerprint density at radius 2 is 2.10 bits per heavy atom. The molecule has 0 radical (unpaired) electrons. The Labute approximate surface area is 116 Å². The number of nitrogens with two attached hydrogens (primary N) is 1. The summed E-state index contributed by atoms with van der Waals surface area (Å²) in [6.45, 7) is 1.87. The van der Waals surface area contributed by atoms with Gasteiger partial charge in [0.25, 0.3) is 0 Å².